The van der Waals surface area contributed by atoms with Crippen LogP contribution >= 0.6 is 0 Å². The van der Waals surface area contributed by atoms with Gasteiger partial charge in [-0.25, -0.2) is 4.39 Å². The van der Waals surface area contributed by atoms with E-state index in [1.807, 2.05) is 6.07 Å². The maximum absolute atomic E-state index is 13.1. The lowest BCUT2D eigenvalue weighted by Gasteiger charge is -2.24. The summed E-state index contributed by atoms with van der Waals surface area (Å²) in [6.45, 7) is 6.20. The Morgan fingerprint density at radius 2 is 2.06 bits per heavy atom. The average molecular weight is 238 g/mol. The highest BCUT2D eigenvalue weighted by Crippen LogP contribution is 2.13. The molecule has 17 heavy (non-hydrogen) atoms. The highest BCUT2D eigenvalue weighted by molar-refractivity contribution is 5.20. The largest absolute Gasteiger partial charge is 0.323 e. The van der Waals surface area contributed by atoms with E-state index in [1.54, 1.807) is 6.07 Å². The van der Waals surface area contributed by atoms with Crippen molar-refractivity contribution in [1.29, 1.82) is 0 Å². The van der Waals surface area contributed by atoms with Crippen molar-refractivity contribution in [2.45, 2.75) is 26.3 Å². The van der Waals surface area contributed by atoms with Gasteiger partial charge in [-0.05, 0) is 30.7 Å². The molecule has 96 valence electrons. The Morgan fingerprint density at radius 1 is 1.35 bits per heavy atom. The molecule has 0 heterocycles. The van der Waals surface area contributed by atoms with Crippen molar-refractivity contribution in [3.8, 4) is 0 Å². The number of hydrogen-bond acceptors (Lipinski definition) is 2. The molecular formula is C14H23FN2. The first-order valence-corrected chi connectivity index (χ1v) is 6.22. The summed E-state index contributed by atoms with van der Waals surface area (Å²) in [6.07, 6.45) is 1.17. The van der Waals surface area contributed by atoms with Gasteiger partial charge in [0.15, 0.2) is 0 Å². The predicted molar refractivity (Wildman–Crippen MR) is 70.3 cm³/mol. The van der Waals surface area contributed by atoms with Crippen molar-refractivity contribution in [3.63, 3.8) is 0 Å². The van der Waals surface area contributed by atoms with Crippen LogP contribution in [0.3, 0.4) is 0 Å². The van der Waals surface area contributed by atoms with Crippen LogP contribution in [0.4, 0.5) is 4.39 Å². The van der Waals surface area contributed by atoms with Crippen LogP contribution in [-0.2, 0) is 0 Å². The van der Waals surface area contributed by atoms with E-state index in [9.17, 15) is 4.39 Å². The van der Waals surface area contributed by atoms with Gasteiger partial charge in [0.05, 0.1) is 0 Å². The molecule has 0 saturated heterocycles. The van der Waals surface area contributed by atoms with Gasteiger partial charge in [-0.3, -0.25) is 0 Å². The highest BCUT2D eigenvalue weighted by Gasteiger charge is 2.11. The van der Waals surface area contributed by atoms with Crippen LogP contribution in [0.2, 0.25) is 0 Å². The predicted octanol–water partition coefficient (Wildman–Crippen LogP) is 2.80. The van der Waals surface area contributed by atoms with Gasteiger partial charge in [-0.1, -0.05) is 32.4 Å². The third kappa shape index (κ3) is 4.84. The lowest BCUT2D eigenvalue weighted by Crippen LogP contribution is -2.32. The molecule has 1 aromatic rings. The second kappa shape index (κ2) is 6.72. The van der Waals surface area contributed by atoms with E-state index >= 15 is 0 Å². The molecule has 0 aliphatic rings. The lowest BCUT2D eigenvalue weighted by atomic mass is 10.1. The summed E-state index contributed by atoms with van der Waals surface area (Å²) in [7, 11) is 2.06. The molecule has 2 nitrogen and oxygen atoms in total. The second-order valence-electron chi connectivity index (χ2n) is 4.90. The van der Waals surface area contributed by atoms with Gasteiger partial charge in [0.25, 0.3) is 0 Å². The molecule has 2 N–H and O–H groups in total. The summed E-state index contributed by atoms with van der Waals surface area (Å²) < 4.78 is 13.1. The van der Waals surface area contributed by atoms with Crippen LogP contribution in [0.25, 0.3) is 0 Å². The molecule has 2 atom stereocenters. The van der Waals surface area contributed by atoms with Gasteiger partial charge in [0.2, 0.25) is 0 Å². The standard InChI is InChI=1S/C14H23FN2/c1-4-11(2)9-17(3)10-14(16)12-6-5-7-13(15)8-12/h5-8,11,14H,4,9-10,16H2,1-3H3. The zero-order valence-corrected chi connectivity index (χ0v) is 11.0. The fourth-order valence-electron chi connectivity index (χ4n) is 1.91. The van der Waals surface area contributed by atoms with Crippen LogP contribution in [0.1, 0.15) is 31.9 Å². The van der Waals surface area contributed by atoms with Crippen LogP contribution in [-0.4, -0.2) is 25.0 Å². The summed E-state index contributed by atoms with van der Waals surface area (Å²) in [4.78, 5) is 2.21. The fraction of sp³-hybridized carbons (Fsp3) is 0.571. The molecule has 0 aliphatic heterocycles. The zero-order chi connectivity index (χ0) is 12.8. The maximum atomic E-state index is 13.1. The summed E-state index contributed by atoms with van der Waals surface area (Å²) in [5.41, 5.74) is 6.94. The molecule has 1 rings (SSSR count). The first-order chi connectivity index (χ1) is 8.02. The van der Waals surface area contributed by atoms with Crippen molar-refractivity contribution < 1.29 is 4.39 Å². The number of nitrogens with zero attached hydrogens (tertiary/aromatic N) is 1. The molecule has 0 bridgehead atoms. The normalized spacial score (nSPS) is 14.9. The second-order valence-corrected chi connectivity index (χ2v) is 4.90. The van der Waals surface area contributed by atoms with Crippen LogP contribution in [0.15, 0.2) is 24.3 Å². The van der Waals surface area contributed by atoms with Crippen molar-refractivity contribution in [2.24, 2.45) is 11.7 Å². The SMILES string of the molecule is CCC(C)CN(C)CC(N)c1cccc(F)c1. The van der Waals surface area contributed by atoms with Crippen LogP contribution in [0, 0.1) is 11.7 Å². The Morgan fingerprint density at radius 3 is 2.65 bits per heavy atom. The smallest absolute Gasteiger partial charge is 0.123 e. The average Bonchev–Trinajstić information content (AvgIpc) is 2.28. The van der Waals surface area contributed by atoms with Crippen molar-refractivity contribution in [1.82, 2.24) is 4.90 Å². The molecular weight excluding hydrogens is 215 g/mol. The first kappa shape index (κ1) is 14.1. The zero-order valence-electron chi connectivity index (χ0n) is 11.0. The molecule has 0 aromatic heterocycles. The molecule has 0 spiro atoms. The van der Waals surface area contributed by atoms with Gasteiger partial charge in [-0.15, -0.1) is 0 Å². The van der Waals surface area contributed by atoms with Gasteiger partial charge in [0.1, 0.15) is 5.82 Å². The maximum Gasteiger partial charge on any atom is 0.123 e. The monoisotopic (exact) mass is 238 g/mol. The van der Waals surface area contributed by atoms with Crippen LogP contribution < -0.4 is 5.73 Å². The summed E-state index contributed by atoms with van der Waals surface area (Å²) in [6, 6.07) is 6.42. The van der Waals surface area contributed by atoms with E-state index in [-0.39, 0.29) is 11.9 Å². The number of rotatable bonds is 6. The Hall–Kier alpha value is -0.930. The minimum atomic E-state index is -0.220. The third-order valence-corrected chi connectivity index (χ3v) is 3.11. The number of nitrogens with two attached hydrogens (primary N) is 1. The minimum Gasteiger partial charge on any atom is -0.323 e. The molecule has 0 fully saturated rings. The fourth-order valence-corrected chi connectivity index (χ4v) is 1.91. The van der Waals surface area contributed by atoms with E-state index in [4.69, 9.17) is 5.73 Å². The molecule has 1 aromatic carbocycles. The number of benzene rings is 1. The van der Waals surface area contributed by atoms with E-state index in [0.29, 0.717) is 5.92 Å². The molecule has 0 amide bonds. The van der Waals surface area contributed by atoms with Crippen molar-refractivity contribution in [2.75, 3.05) is 20.1 Å². The Bertz CT molecular complexity index is 341. The van der Waals surface area contributed by atoms with Gasteiger partial charge in [-0.2, -0.15) is 0 Å². The van der Waals surface area contributed by atoms with E-state index in [2.05, 4.69) is 25.8 Å². The quantitative estimate of drug-likeness (QED) is 0.825. The molecule has 0 aliphatic carbocycles. The Kier molecular flexibility index (Phi) is 5.59. The van der Waals surface area contributed by atoms with Gasteiger partial charge in [0, 0.05) is 19.1 Å². The number of halogens is 1. The Balaban J connectivity index is 2.51. The van der Waals surface area contributed by atoms with E-state index in [0.717, 1.165) is 18.7 Å². The molecule has 0 radical (unpaired) electrons. The first-order valence-electron chi connectivity index (χ1n) is 6.22. The summed E-state index contributed by atoms with van der Waals surface area (Å²) in [5.74, 6) is 0.447. The minimum absolute atomic E-state index is 0.125. The van der Waals surface area contributed by atoms with Crippen molar-refractivity contribution in [3.05, 3.63) is 35.6 Å². The topological polar surface area (TPSA) is 29.3 Å². The highest BCUT2D eigenvalue weighted by atomic mass is 19.1. The number of likely N-dealkylation sites (N-methyl/N-ethyl adjacent to an activating group) is 1. The third-order valence-electron chi connectivity index (χ3n) is 3.11. The van der Waals surface area contributed by atoms with E-state index < -0.39 is 0 Å². The number of hydrogen-bond donors (Lipinski definition) is 1. The summed E-state index contributed by atoms with van der Waals surface area (Å²) in [5, 5.41) is 0. The summed E-state index contributed by atoms with van der Waals surface area (Å²) >= 11 is 0. The van der Waals surface area contributed by atoms with Gasteiger partial charge >= 0.3 is 0 Å². The van der Waals surface area contributed by atoms with Crippen LogP contribution in [0.5, 0.6) is 0 Å². The van der Waals surface area contributed by atoms with E-state index in [1.165, 1.54) is 18.6 Å². The molecule has 3 heteroatoms. The van der Waals surface area contributed by atoms with Crippen molar-refractivity contribution >= 4 is 0 Å². The molecule has 0 saturated carbocycles. The van der Waals surface area contributed by atoms with Gasteiger partial charge < -0.3 is 10.6 Å². The molecule has 2 unspecified atom stereocenters. The lowest BCUT2D eigenvalue weighted by molar-refractivity contribution is 0.267. The Labute approximate surface area is 104 Å².